The lowest BCUT2D eigenvalue weighted by molar-refractivity contribution is -0.273. The van der Waals surface area contributed by atoms with Gasteiger partial charge in [-0.3, -0.25) is 4.57 Å². The summed E-state index contributed by atoms with van der Waals surface area (Å²) in [7, 11) is -4.28. The first-order chi connectivity index (χ1) is 10.3. The predicted molar refractivity (Wildman–Crippen MR) is 70.9 cm³/mol. The van der Waals surface area contributed by atoms with Gasteiger partial charge >= 0.3 is 7.60 Å². The summed E-state index contributed by atoms with van der Waals surface area (Å²) in [5.41, 5.74) is 0. The van der Waals surface area contributed by atoms with Crippen molar-refractivity contribution in [2.45, 2.75) is 37.1 Å². The second kappa shape index (κ2) is 6.97. The molecule has 22 heavy (non-hydrogen) atoms. The average molecular weight is 336 g/mol. The number of ether oxygens (including phenoxy) is 2. The SMILES string of the molecule is O=P(O)(O)CC[C@H]1OC(Oc2ccncn2)[C@@H](O)[C@@H](O)[C@@H]1O. The van der Waals surface area contributed by atoms with E-state index in [1.54, 1.807) is 0 Å². The first kappa shape index (κ1) is 17.2. The molecule has 1 aliphatic heterocycles. The van der Waals surface area contributed by atoms with Crippen molar-refractivity contribution >= 4 is 7.60 Å². The van der Waals surface area contributed by atoms with Gasteiger partial charge in [0.25, 0.3) is 0 Å². The van der Waals surface area contributed by atoms with Crippen LogP contribution >= 0.6 is 7.60 Å². The van der Waals surface area contributed by atoms with Gasteiger partial charge in [0.2, 0.25) is 12.2 Å². The topological polar surface area (TPSA) is 162 Å². The van der Waals surface area contributed by atoms with Gasteiger partial charge < -0.3 is 34.6 Å². The van der Waals surface area contributed by atoms with Crippen LogP contribution in [0.15, 0.2) is 18.6 Å². The summed E-state index contributed by atoms with van der Waals surface area (Å²) in [6, 6.07) is 1.40. The molecule has 0 aromatic carbocycles. The Balaban J connectivity index is 2.05. The molecule has 2 rings (SSSR count). The fraction of sp³-hybridized carbons (Fsp3) is 0.636. The normalized spacial score (nSPS) is 32.7. The van der Waals surface area contributed by atoms with E-state index in [0.29, 0.717) is 0 Å². The van der Waals surface area contributed by atoms with Gasteiger partial charge in [-0.05, 0) is 6.42 Å². The van der Waals surface area contributed by atoms with Crippen molar-refractivity contribution in [1.29, 1.82) is 0 Å². The van der Waals surface area contributed by atoms with E-state index in [1.807, 2.05) is 0 Å². The van der Waals surface area contributed by atoms with Crippen LogP contribution in [-0.4, -0.2) is 71.9 Å². The average Bonchev–Trinajstić information content (AvgIpc) is 2.47. The molecule has 0 aliphatic carbocycles. The highest BCUT2D eigenvalue weighted by molar-refractivity contribution is 7.51. The Morgan fingerprint density at radius 2 is 1.95 bits per heavy atom. The van der Waals surface area contributed by atoms with Crippen LogP contribution in [0, 0.1) is 0 Å². The van der Waals surface area contributed by atoms with E-state index < -0.39 is 44.5 Å². The van der Waals surface area contributed by atoms with Gasteiger partial charge in [-0.15, -0.1) is 0 Å². The van der Waals surface area contributed by atoms with Crippen LogP contribution in [0.3, 0.4) is 0 Å². The molecule has 1 aliphatic rings. The molecule has 1 fully saturated rings. The van der Waals surface area contributed by atoms with Crippen molar-refractivity contribution in [2.75, 3.05) is 6.16 Å². The maximum atomic E-state index is 10.9. The van der Waals surface area contributed by atoms with E-state index in [0.717, 1.165) is 0 Å². The van der Waals surface area contributed by atoms with Crippen LogP contribution in [0.2, 0.25) is 0 Å². The number of aliphatic hydroxyl groups is 3. The minimum atomic E-state index is -4.28. The maximum Gasteiger partial charge on any atom is 0.325 e. The fourth-order valence-electron chi connectivity index (χ4n) is 2.02. The zero-order valence-electron chi connectivity index (χ0n) is 11.3. The maximum absolute atomic E-state index is 10.9. The monoisotopic (exact) mass is 336 g/mol. The summed E-state index contributed by atoms with van der Waals surface area (Å²) >= 11 is 0. The number of rotatable bonds is 5. The first-order valence-electron chi connectivity index (χ1n) is 6.45. The largest absolute Gasteiger partial charge is 0.445 e. The third-order valence-electron chi connectivity index (χ3n) is 3.17. The Labute approximate surface area is 125 Å². The zero-order chi connectivity index (χ0) is 16.3. The lowest BCUT2D eigenvalue weighted by atomic mass is 9.97. The van der Waals surface area contributed by atoms with E-state index in [2.05, 4.69) is 9.97 Å². The van der Waals surface area contributed by atoms with E-state index in [4.69, 9.17) is 19.3 Å². The second-order valence-electron chi connectivity index (χ2n) is 4.86. The number of hydrogen-bond donors (Lipinski definition) is 5. The molecule has 11 heteroatoms. The molecule has 2 heterocycles. The summed E-state index contributed by atoms with van der Waals surface area (Å²) in [5, 5.41) is 29.5. The lowest BCUT2D eigenvalue weighted by Crippen LogP contribution is -2.59. The van der Waals surface area contributed by atoms with Crippen LogP contribution < -0.4 is 4.74 Å². The van der Waals surface area contributed by atoms with Crippen molar-refractivity contribution in [3.63, 3.8) is 0 Å². The number of hydrogen-bond acceptors (Lipinski definition) is 8. The third-order valence-corrected chi connectivity index (χ3v) is 4.01. The Morgan fingerprint density at radius 3 is 2.55 bits per heavy atom. The highest BCUT2D eigenvalue weighted by Crippen LogP contribution is 2.37. The van der Waals surface area contributed by atoms with Crippen LogP contribution in [0.5, 0.6) is 5.88 Å². The molecule has 1 aromatic heterocycles. The molecule has 1 aromatic rings. The Hall–Kier alpha value is -1.13. The van der Waals surface area contributed by atoms with Gasteiger partial charge in [-0.2, -0.15) is 0 Å². The van der Waals surface area contributed by atoms with Gasteiger partial charge in [0, 0.05) is 12.3 Å². The molecule has 1 saturated heterocycles. The smallest absolute Gasteiger partial charge is 0.325 e. The van der Waals surface area contributed by atoms with Gasteiger partial charge in [0.05, 0.1) is 12.3 Å². The Kier molecular flexibility index (Phi) is 5.45. The number of aliphatic hydroxyl groups excluding tert-OH is 3. The Morgan fingerprint density at radius 1 is 1.23 bits per heavy atom. The minimum Gasteiger partial charge on any atom is -0.445 e. The molecule has 10 nitrogen and oxygen atoms in total. The highest BCUT2D eigenvalue weighted by atomic mass is 31.2. The summed E-state index contributed by atoms with van der Waals surface area (Å²) in [6.07, 6.45) is -5.19. The van der Waals surface area contributed by atoms with Crippen LogP contribution in [0.4, 0.5) is 0 Å². The summed E-state index contributed by atoms with van der Waals surface area (Å²) in [4.78, 5) is 25.2. The quantitative estimate of drug-likeness (QED) is 0.389. The van der Waals surface area contributed by atoms with E-state index in [-0.39, 0.29) is 12.3 Å². The molecule has 0 saturated carbocycles. The molecule has 0 amide bonds. The van der Waals surface area contributed by atoms with Crippen molar-refractivity contribution in [1.82, 2.24) is 9.97 Å². The van der Waals surface area contributed by atoms with Crippen molar-refractivity contribution < 1.29 is 39.1 Å². The molecular weight excluding hydrogens is 319 g/mol. The summed E-state index contributed by atoms with van der Waals surface area (Å²) in [6.45, 7) is 0. The summed E-state index contributed by atoms with van der Waals surface area (Å²) < 4.78 is 21.5. The Bertz CT molecular complexity index is 526. The number of aromatic nitrogens is 2. The molecule has 0 spiro atoms. The van der Waals surface area contributed by atoms with Crippen LogP contribution in [-0.2, 0) is 9.30 Å². The van der Waals surface area contributed by atoms with Crippen LogP contribution in [0.25, 0.3) is 0 Å². The second-order valence-corrected chi connectivity index (χ2v) is 6.63. The van der Waals surface area contributed by atoms with Gasteiger partial charge in [0.15, 0.2) is 0 Å². The molecule has 5 N–H and O–H groups in total. The van der Waals surface area contributed by atoms with E-state index in [9.17, 15) is 19.9 Å². The van der Waals surface area contributed by atoms with Crippen molar-refractivity contribution in [3.05, 3.63) is 18.6 Å². The molecule has 5 atom stereocenters. The molecule has 0 radical (unpaired) electrons. The molecule has 1 unspecified atom stereocenters. The first-order valence-corrected chi connectivity index (χ1v) is 8.24. The van der Waals surface area contributed by atoms with Gasteiger partial charge in [-0.1, -0.05) is 0 Å². The van der Waals surface area contributed by atoms with Crippen LogP contribution in [0.1, 0.15) is 6.42 Å². The standard InChI is InChI=1S/C11H17N2O8P/c14-8-6(2-4-22(17,18)19)20-11(10(16)9(8)15)21-7-1-3-12-5-13-7/h1,3,5-6,8-11,14-16H,2,4H2,(H2,17,18,19)/t6-,8-,9+,10+,11?/m1/s1. The van der Waals surface area contributed by atoms with E-state index >= 15 is 0 Å². The summed E-state index contributed by atoms with van der Waals surface area (Å²) in [5.74, 6) is 0.0800. The third kappa shape index (κ3) is 4.43. The molecule has 124 valence electrons. The molecular formula is C11H17N2O8P. The van der Waals surface area contributed by atoms with Crippen molar-refractivity contribution in [3.8, 4) is 5.88 Å². The van der Waals surface area contributed by atoms with Gasteiger partial charge in [-0.25, -0.2) is 9.97 Å². The van der Waals surface area contributed by atoms with Gasteiger partial charge in [0.1, 0.15) is 24.6 Å². The minimum absolute atomic E-state index is 0.0800. The zero-order valence-corrected chi connectivity index (χ0v) is 12.2. The number of nitrogens with zero attached hydrogens (tertiary/aromatic N) is 2. The van der Waals surface area contributed by atoms with E-state index in [1.165, 1.54) is 18.6 Å². The fourth-order valence-corrected chi connectivity index (χ4v) is 2.61. The van der Waals surface area contributed by atoms with Crippen molar-refractivity contribution in [2.24, 2.45) is 0 Å². The highest BCUT2D eigenvalue weighted by Gasteiger charge is 2.45. The predicted octanol–water partition coefficient (Wildman–Crippen LogP) is -1.77. The molecule has 0 bridgehead atoms. The lowest BCUT2D eigenvalue weighted by Gasteiger charge is -2.40.